The van der Waals surface area contributed by atoms with Crippen LogP contribution in [-0.4, -0.2) is 43.1 Å². The Bertz CT molecular complexity index is 354. The molecule has 0 bridgehead atoms. The summed E-state index contributed by atoms with van der Waals surface area (Å²) in [4.78, 5) is 2.29. The van der Waals surface area contributed by atoms with Crippen LogP contribution in [0.2, 0.25) is 0 Å². The Hall–Kier alpha value is 0.789. The van der Waals surface area contributed by atoms with Crippen LogP contribution < -0.4 is 23.1 Å². The molecular formula is C19H45BrCuN2O4S. The van der Waals surface area contributed by atoms with Crippen LogP contribution in [0, 0.1) is 0 Å². The number of rotatable bonds is 16. The van der Waals surface area contributed by atoms with Gasteiger partial charge in [-0.3, -0.25) is 8.42 Å². The number of hydrogen-bond acceptors (Lipinski definition) is 5. The second-order valence-electron chi connectivity index (χ2n) is 7.16. The third-order valence-electron chi connectivity index (χ3n) is 4.21. The van der Waals surface area contributed by atoms with Crippen molar-refractivity contribution in [2.24, 2.45) is 0 Å². The van der Waals surface area contributed by atoms with Crippen molar-refractivity contribution >= 4 is 10.4 Å². The minimum absolute atomic E-state index is 0. The van der Waals surface area contributed by atoms with E-state index in [2.05, 4.69) is 25.9 Å². The van der Waals surface area contributed by atoms with E-state index in [0.717, 1.165) is 0 Å². The van der Waals surface area contributed by atoms with Gasteiger partial charge in [-0.15, -0.1) is 0 Å². The predicted molar refractivity (Wildman–Crippen MR) is 110 cm³/mol. The zero-order valence-electron chi connectivity index (χ0n) is 18.5. The fourth-order valence-electron chi connectivity index (χ4n) is 2.80. The predicted octanol–water partition coefficient (Wildman–Crippen LogP) is 2.46. The Morgan fingerprint density at radius 3 is 1.07 bits per heavy atom. The summed E-state index contributed by atoms with van der Waals surface area (Å²) in [7, 11) is -0.826. The van der Waals surface area contributed by atoms with Gasteiger partial charge in [0.2, 0.25) is 0 Å². The summed E-state index contributed by atoms with van der Waals surface area (Å²) < 4.78 is 34.1. The number of halogens is 1. The molecule has 4 N–H and O–H groups in total. The van der Waals surface area contributed by atoms with E-state index in [1.165, 1.54) is 103 Å². The molecule has 0 amide bonds. The SMILES string of the molecule is CCCCCCCCCCCCCCCCCN(C)C.O=S(=O)([O-])[O-].[Br-].[Cu+2].[NH4+]. The van der Waals surface area contributed by atoms with Gasteiger partial charge in [-0.05, 0) is 27.1 Å². The first-order valence-corrected chi connectivity index (χ1v) is 11.4. The molecule has 0 aromatic rings. The van der Waals surface area contributed by atoms with Gasteiger partial charge in [-0.1, -0.05) is 96.8 Å². The van der Waals surface area contributed by atoms with Crippen LogP contribution in [-0.2, 0) is 27.5 Å². The van der Waals surface area contributed by atoms with Gasteiger partial charge in [0.25, 0.3) is 0 Å². The van der Waals surface area contributed by atoms with Gasteiger partial charge < -0.3 is 37.1 Å². The van der Waals surface area contributed by atoms with Crippen molar-refractivity contribution < 1.29 is 51.6 Å². The quantitative estimate of drug-likeness (QED) is 0.139. The summed E-state index contributed by atoms with van der Waals surface area (Å²) in [6.45, 7) is 3.56. The van der Waals surface area contributed by atoms with Crippen molar-refractivity contribution in [1.82, 2.24) is 11.1 Å². The standard InChI is InChI=1S/C19H41N.BrH.Cu.H3N.H2O4S/c1-4-5-6-7-8-9-10-11-12-13-14-15-16-17-18-19-20(2)3;;;;1-5(2,3)4/h4-19H2,1-3H3;1H;;1H3;(H2,1,2,3,4)/q;;+2;;/p-2. The molecule has 0 aliphatic rings. The van der Waals surface area contributed by atoms with Crippen molar-refractivity contribution in [3.05, 3.63) is 0 Å². The second-order valence-corrected chi connectivity index (χ2v) is 7.98. The Balaban J connectivity index is -0.000000195. The van der Waals surface area contributed by atoms with E-state index in [1.807, 2.05) is 0 Å². The molecular weight excluding hydrogens is 496 g/mol. The Morgan fingerprint density at radius 2 is 0.857 bits per heavy atom. The van der Waals surface area contributed by atoms with Gasteiger partial charge in [-0.2, -0.15) is 0 Å². The van der Waals surface area contributed by atoms with Crippen LogP contribution in [0.4, 0.5) is 0 Å². The molecule has 6 nitrogen and oxygen atoms in total. The van der Waals surface area contributed by atoms with Crippen LogP contribution in [0.3, 0.4) is 0 Å². The van der Waals surface area contributed by atoms with Gasteiger partial charge in [0.15, 0.2) is 0 Å². The molecule has 0 saturated carbocycles. The fourth-order valence-corrected chi connectivity index (χ4v) is 2.80. The van der Waals surface area contributed by atoms with E-state index in [0.29, 0.717) is 0 Å². The maximum absolute atomic E-state index is 8.52. The molecule has 0 rings (SSSR count). The zero-order valence-corrected chi connectivity index (χ0v) is 21.8. The maximum Gasteiger partial charge on any atom is 2.00 e. The monoisotopic (exact) mass is 539 g/mol. The molecule has 0 unspecified atom stereocenters. The maximum atomic E-state index is 8.52. The summed E-state index contributed by atoms with van der Waals surface area (Å²) in [5.74, 6) is 0. The van der Waals surface area contributed by atoms with Crippen molar-refractivity contribution in [2.75, 3.05) is 20.6 Å². The summed E-state index contributed by atoms with van der Waals surface area (Å²) in [5, 5.41) is 0. The van der Waals surface area contributed by atoms with Gasteiger partial charge >= 0.3 is 17.1 Å². The summed E-state index contributed by atoms with van der Waals surface area (Å²) in [5.41, 5.74) is 0. The minimum atomic E-state index is -5.17. The van der Waals surface area contributed by atoms with Gasteiger partial charge in [0.05, 0.1) is 0 Å². The molecule has 0 aliphatic heterocycles. The molecule has 28 heavy (non-hydrogen) atoms. The van der Waals surface area contributed by atoms with Gasteiger partial charge in [-0.25, -0.2) is 0 Å². The van der Waals surface area contributed by atoms with E-state index in [4.69, 9.17) is 17.5 Å². The van der Waals surface area contributed by atoms with E-state index in [-0.39, 0.29) is 40.2 Å². The van der Waals surface area contributed by atoms with Crippen molar-refractivity contribution in [3.8, 4) is 0 Å². The largest absolute Gasteiger partial charge is 2.00 e. The normalized spacial score (nSPS) is 10.2. The number of unbranched alkanes of at least 4 members (excludes halogenated alkanes) is 14. The van der Waals surface area contributed by atoms with E-state index >= 15 is 0 Å². The molecule has 0 aliphatic carbocycles. The zero-order chi connectivity index (χ0) is 19.4. The summed E-state index contributed by atoms with van der Waals surface area (Å²) >= 11 is 0. The van der Waals surface area contributed by atoms with Crippen molar-refractivity contribution in [1.29, 1.82) is 0 Å². The summed E-state index contributed by atoms with van der Waals surface area (Å²) in [6, 6.07) is 0. The Labute approximate surface area is 196 Å². The first-order valence-electron chi connectivity index (χ1n) is 10.1. The van der Waals surface area contributed by atoms with Crippen molar-refractivity contribution in [2.45, 2.75) is 103 Å². The molecule has 0 spiro atoms. The number of nitrogens with zero attached hydrogens (tertiary/aromatic N) is 1. The van der Waals surface area contributed by atoms with E-state index in [1.54, 1.807) is 0 Å². The number of hydrogen-bond donors (Lipinski definition) is 1. The van der Waals surface area contributed by atoms with E-state index in [9.17, 15) is 0 Å². The average molecular weight is 541 g/mol. The molecule has 9 heteroatoms. The molecule has 0 aromatic heterocycles. The molecule has 1 radical (unpaired) electrons. The van der Waals surface area contributed by atoms with Crippen LogP contribution in [0.1, 0.15) is 103 Å². The van der Waals surface area contributed by atoms with E-state index < -0.39 is 10.4 Å². The topological polar surface area (TPSA) is 120 Å². The fraction of sp³-hybridized carbons (Fsp3) is 1.00. The third kappa shape index (κ3) is 56.3. The molecule has 0 saturated heterocycles. The molecule has 0 aromatic carbocycles. The Morgan fingerprint density at radius 1 is 0.643 bits per heavy atom. The smallest absolute Gasteiger partial charge is 1.00 e. The van der Waals surface area contributed by atoms with Crippen LogP contribution in [0.5, 0.6) is 0 Å². The van der Waals surface area contributed by atoms with Gasteiger partial charge in [0, 0.05) is 10.4 Å². The first-order chi connectivity index (χ1) is 11.8. The average Bonchev–Trinajstić information content (AvgIpc) is 2.49. The first kappa shape index (κ1) is 39.3. The van der Waals surface area contributed by atoms with Gasteiger partial charge in [0.1, 0.15) is 0 Å². The summed E-state index contributed by atoms with van der Waals surface area (Å²) in [6.07, 6.45) is 21.8. The van der Waals surface area contributed by atoms with Crippen LogP contribution in [0.25, 0.3) is 0 Å². The minimum Gasteiger partial charge on any atom is -1.00 e. The molecule has 0 heterocycles. The molecule has 0 atom stereocenters. The third-order valence-corrected chi connectivity index (χ3v) is 4.21. The van der Waals surface area contributed by atoms with Crippen molar-refractivity contribution in [3.63, 3.8) is 0 Å². The number of quaternary nitrogens is 1. The Kier molecular flexibility index (Phi) is 42.1. The second kappa shape index (κ2) is 30.0. The van der Waals surface area contributed by atoms with Crippen LogP contribution >= 0.6 is 0 Å². The molecule has 0 fully saturated rings. The van der Waals surface area contributed by atoms with Crippen LogP contribution in [0.15, 0.2) is 0 Å². The molecule has 179 valence electrons.